The van der Waals surface area contributed by atoms with E-state index in [-0.39, 0.29) is 30.8 Å². The number of nitro benzene ring substituents is 2. The van der Waals surface area contributed by atoms with Gasteiger partial charge in [0.25, 0.3) is 11.4 Å². The van der Waals surface area contributed by atoms with Crippen molar-refractivity contribution in [1.82, 2.24) is 0 Å². The summed E-state index contributed by atoms with van der Waals surface area (Å²) in [5.74, 6) is -0.615. The van der Waals surface area contributed by atoms with Gasteiger partial charge < -0.3 is 4.74 Å². The van der Waals surface area contributed by atoms with Crippen LogP contribution in [0.4, 0.5) is 11.4 Å². The largest absolute Gasteiger partial charge is 0.465 e. The van der Waals surface area contributed by atoms with Crippen LogP contribution >= 0.6 is 0 Å². The number of benzene rings is 2. The van der Waals surface area contributed by atoms with E-state index in [4.69, 9.17) is 4.74 Å². The molecule has 2 rings (SSSR count). The number of carbonyl (C=O) groups is 1. The Hall–Kier alpha value is -3.80. The molecule has 0 bridgehead atoms. The average molecular weight is 411 g/mol. The predicted octanol–water partition coefficient (Wildman–Crippen LogP) is 4.14. The van der Waals surface area contributed by atoms with Crippen molar-refractivity contribution in [2.75, 3.05) is 6.61 Å². The van der Waals surface area contributed by atoms with Crippen molar-refractivity contribution in [1.29, 1.82) is 5.26 Å². The van der Waals surface area contributed by atoms with E-state index in [1.807, 2.05) is 0 Å². The van der Waals surface area contributed by atoms with Crippen molar-refractivity contribution in [2.24, 2.45) is 5.41 Å². The monoisotopic (exact) mass is 411 g/mol. The van der Waals surface area contributed by atoms with E-state index in [2.05, 4.69) is 6.07 Å². The van der Waals surface area contributed by atoms with Gasteiger partial charge in [-0.25, -0.2) is 0 Å². The molecule has 0 fully saturated rings. The number of rotatable bonds is 10. The van der Waals surface area contributed by atoms with E-state index < -0.39 is 21.2 Å². The molecule has 0 aliphatic carbocycles. The van der Waals surface area contributed by atoms with E-state index in [1.165, 1.54) is 24.3 Å². The molecule has 0 aliphatic rings. The second-order valence-corrected chi connectivity index (χ2v) is 6.76. The zero-order valence-corrected chi connectivity index (χ0v) is 16.4. The van der Waals surface area contributed by atoms with E-state index in [1.54, 1.807) is 31.2 Å². The van der Waals surface area contributed by atoms with E-state index in [9.17, 15) is 30.3 Å². The second-order valence-electron chi connectivity index (χ2n) is 6.76. The van der Waals surface area contributed by atoms with Crippen LogP contribution in [0.2, 0.25) is 0 Å². The number of hydrogen-bond acceptors (Lipinski definition) is 7. The zero-order chi connectivity index (χ0) is 22.1. The Morgan fingerprint density at radius 1 is 0.933 bits per heavy atom. The number of aryl methyl sites for hydroxylation is 2. The second kappa shape index (κ2) is 10.1. The van der Waals surface area contributed by atoms with Gasteiger partial charge in [-0.3, -0.25) is 25.0 Å². The molecule has 30 heavy (non-hydrogen) atoms. The third-order valence-electron chi connectivity index (χ3n) is 4.86. The van der Waals surface area contributed by atoms with Gasteiger partial charge in [-0.05, 0) is 43.7 Å². The van der Waals surface area contributed by atoms with Crippen molar-refractivity contribution in [3.63, 3.8) is 0 Å². The Morgan fingerprint density at radius 2 is 1.33 bits per heavy atom. The maximum Gasteiger partial charge on any atom is 0.326 e. The molecule has 0 N–H and O–H groups in total. The summed E-state index contributed by atoms with van der Waals surface area (Å²) in [6, 6.07) is 14.0. The lowest BCUT2D eigenvalue weighted by atomic mass is 9.78. The number of nitrogens with zero attached hydrogens (tertiary/aromatic N) is 3. The topological polar surface area (TPSA) is 136 Å². The molecule has 0 atom stereocenters. The van der Waals surface area contributed by atoms with Gasteiger partial charge in [0.05, 0.1) is 22.5 Å². The Kier molecular flexibility index (Phi) is 7.58. The molecule has 0 aliphatic heterocycles. The number of hydrogen-bond donors (Lipinski definition) is 0. The maximum atomic E-state index is 12.6. The molecule has 0 saturated heterocycles. The highest BCUT2D eigenvalue weighted by atomic mass is 16.6. The Bertz CT molecular complexity index is 887. The summed E-state index contributed by atoms with van der Waals surface area (Å²) in [5.41, 5.74) is 0.0713. The highest BCUT2D eigenvalue weighted by Crippen LogP contribution is 2.32. The van der Waals surface area contributed by atoms with Crippen LogP contribution in [-0.4, -0.2) is 22.4 Å². The number of nitriles is 1. The highest BCUT2D eigenvalue weighted by Gasteiger charge is 2.39. The maximum absolute atomic E-state index is 12.6. The summed E-state index contributed by atoms with van der Waals surface area (Å²) in [4.78, 5) is 33.2. The molecule has 156 valence electrons. The van der Waals surface area contributed by atoms with E-state index in [0.29, 0.717) is 12.8 Å². The summed E-state index contributed by atoms with van der Waals surface area (Å²) in [7, 11) is 0. The van der Waals surface area contributed by atoms with Gasteiger partial charge in [0.2, 0.25) is 0 Å². The number of esters is 1. The fraction of sp³-hybridized carbons (Fsp3) is 0.333. The molecule has 9 nitrogen and oxygen atoms in total. The molecule has 9 heteroatoms. The number of nitro groups is 2. The van der Waals surface area contributed by atoms with Gasteiger partial charge in [-0.2, -0.15) is 5.26 Å². The first-order valence-corrected chi connectivity index (χ1v) is 9.36. The fourth-order valence-electron chi connectivity index (χ4n) is 3.04. The predicted molar refractivity (Wildman–Crippen MR) is 108 cm³/mol. The van der Waals surface area contributed by atoms with Crippen LogP contribution in [0.25, 0.3) is 0 Å². The van der Waals surface area contributed by atoms with Crippen molar-refractivity contribution < 1.29 is 19.4 Å². The summed E-state index contributed by atoms with van der Waals surface area (Å²) < 4.78 is 5.14. The lowest BCUT2D eigenvalue weighted by Gasteiger charge is -2.24. The van der Waals surface area contributed by atoms with Crippen LogP contribution in [-0.2, 0) is 22.4 Å². The normalized spacial score (nSPS) is 10.8. The lowest BCUT2D eigenvalue weighted by Crippen LogP contribution is -2.33. The first kappa shape index (κ1) is 22.5. The Morgan fingerprint density at radius 3 is 1.63 bits per heavy atom. The van der Waals surface area contributed by atoms with Crippen LogP contribution in [0.1, 0.15) is 30.9 Å². The quantitative estimate of drug-likeness (QED) is 0.325. The standard InChI is InChI=1S/C21H21N3O6/c1-2-30-20(25)21(15-22,13-11-16-3-7-18(8-4-16)23(26)27)14-12-17-5-9-19(10-6-17)24(28)29/h3-10H,2,11-14H2,1H3. The minimum atomic E-state index is -1.39. The van der Waals surface area contributed by atoms with Crippen LogP contribution in [0.5, 0.6) is 0 Å². The van der Waals surface area contributed by atoms with Crippen molar-refractivity contribution in [3.8, 4) is 6.07 Å². The molecular formula is C21H21N3O6. The van der Waals surface area contributed by atoms with E-state index >= 15 is 0 Å². The molecular weight excluding hydrogens is 390 g/mol. The van der Waals surface area contributed by atoms with Gasteiger partial charge in [0.1, 0.15) is 0 Å². The summed E-state index contributed by atoms with van der Waals surface area (Å²) in [6.45, 7) is 1.80. The highest BCUT2D eigenvalue weighted by molar-refractivity contribution is 5.80. The zero-order valence-electron chi connectivity index (χ0n) is 16.4. The first-order chi connectivity index (χ1) is 14.3. The van der Waals surface area contributed by atoms with Gasteiger partial charge in [0.15, 0.2) is 5.41 Å². The van der Waals surface area contributed by atoms with Crippen molar-refractivity contribution in [3.05, 3.63) is 79.9 Å². The van der Waals surface area contributed by atoms with Gasteiger partial charge in [-0.15, -0.1) is 0 Å². The van der Waals surface area contributed by atoms with Gasteiger partial charge >= 0.3 is 5.97 Å². The van der Waals surface area contributed by atoms with Gasteiger partial charge in [-0.1, -0.05) is 24.3 Å². The fourth-order valence-corrected chi connectivity index (χ4v) is 3.04. The summed E-state index contributed by atoms with van der Waals surface area (Å²) >= 11 is 0. The summed E-state index contributed by atoms with van der Waals surface area (Å²) in [5, 5.41) is 31.4. The number of non-ortho nitro benzene ring substituents is 2. The molecule has 0 amide bonds. The molecule has 2 aromatic rings. The smallest absolute Gasteiger partial charge is 0.326 e. The Labute approximate surface area is 173 Å². The number of ether oxygens (including phenoxy) is 1. The third-order valence-corrected chi connectivity index (χ3v) is 4.86. The molecule has 0 unspecified atom stereocenters. The minimum absolute atomic E-state index is 0.0335. The summed E-state index contributed by atoms with van der Waals surface area (Å²) in [6.07, 6.45) is 1.11. The molecule has 2 aromatic carbocycles. The first-order valence-electron chi connectivity index (χ1n) is 9.36. The molecule has 0 heterocycles. The molecule has 0 saturated carbocycles. The molecule has 0 radical (unpaired) electrons. The van der Waals surface area contributed by atoms with Gasteiger partial charge in [0, 0.05) is 24.3 Å². The SMILES string of the molecule is CCOC(=O)C(C#N)(CCc1ccc([N+](=O)[O-])cc1)CCc1ccc([N+](=O)[O-])cc1. The Balaban J connectivity index is 2.15. The van der Waals surface area contributed by atoms with Crippen LogP contribution < -0.4 is 0 Å². The third kappa shape index (κ3) is 5.61. The van der Waals surface area contributed by atoms with Crippen LogP contribution in [0.15, 0.2) is 48.5 Å². The van der Waals surface area contributed by atoms with Crippen molar-refractivity contribution in [2.45, 2.75) is 32.6 Å². The van der Waals surface area contributed by atoms with E-state index in [0.717, 1.165) is 11.1 Å². The average Bonchev–Trinajstić information content (AvgIpc) is 2.75. The van der Waals surface area contributed by atoms with Crippen LogP contribution in [0.3, 0.4) is 0 Å². The van der Waals surface area contributed by atoms with Crippen molar-refractivity contribution >= 4 is 17.3 Å². The number of carbonyl (C=O) groups excluding carboxylic acids is 1. The molecule has 0 spiro atoms. The minimum Gasteiger partial charge on any atom is -0.465 e. The molecule has 0 aromatic heterocycles. The lowest BCUT2D eigenvalue weighted by molar-refractivity contribution is -0.385. The van der Waals surface area contributed by atoms with Crippen LogP contribution in [0, 0.1) is 37.0 Å².